The predicted octanol–water partition coefficient (Wildman–Crippen LogP) is 1.18. The number of carboxylic acid groups (broad SMARTS) is 1. The van der Waals surface area contributed by atoms with Gasteiger partial charge in [-0.1, -0.05) is 13.8 Å². The Hall–Kier alpha value is -1.11. The maximum Gasteiger partial charge on any atom is 0.329 e. The Balaban J connectivity index is 2.58. The Morgan fingerprint density at radius 2 is 2.15 bits per heavy atom. The van der Waals surface area contributed by atoms with E-state index in [1.807, 2.05) is 6.92 Å². The second-order valence-electron chi connectivity index (χ2n) is 5.28. The highest BCUT2D eigenvalue weighted by molar-refractivity contribution is 7.84. The van der Waals surface area contributed by atoms with E-state index in [9.17, 15) is 18.9 Å². The van der Waals surface area contributed by atoms with Gasteiger partial charge in [-0.15, -0.1) is 0 Å². The van der Waals surface area contributed by atoms with E-state index in [2.05, 4.69) is 5.32 Å². The molecule has 2 N–H and O–H groups in total. The van der Waals surface area contributed by atoms with Crippen molar-refractivity contribution in [3.05, 3.63) is 0 Å². The fourth-order valence-electron chi connectivity index (χ4n) is 2.56. The van der Waals surface area contributed by atoms with Crippen LogP contribution in [0.5, 0.6) is 0 Å². The molecule has 116 valence electrons. The summed E-state index contributed by atoms with van der Waals surface area (Å²) in [5.74, 6) is -0.935. The van der Waals surface area contributed by atoms with Crippen molar-refractivity contribution < 1.29 is 18.9 Å². The van der Waals surface area contributed by atoms with Crippen molar-refractivity contribution in [3.8, 4) is 0 Å². The SMILES string of the molecule is CCC1(C(=O)O)CCCN1C(=O)NCCC(C)S(C)=O. The maximum atomic E-state index is 12.2. The molecule has 3 unspecified atom stereocenters. The van der Waals surface area contributed by atoms with Crippen molar-refractivity contribution in [1.82, 2.24) is 10.2 Å². The van der Waals surface area contributed by atoms with E-state index in [0.717, 1.165) is 0 Å². The number of hydrogen-bond donors (Lipinski definition) is 2. The average Bonchev–Trinajstić information content (AvgIpc) is 2.83. The van der Waals surface area contributed by atoms with Gasteiger partial charge >= 0.3 is 12.0 Å². The molecule has 20 heavy (non-hydrogen) atoms. The van der Waals surface area contributed by atoms with Crippen molar-refractivity contribution in [2.75, 3.05) is 19.3 Å². The van der Waals surface area contributed by atoms with Crippen LogP contribution in [0.4, 0.5) is 4.79 Å². The third-order valence-electron chi connectivity index (χ3n) is 4.11. The summed E-state index contributed by atoms with van der Waals surface area (Å²) in [6.07, 6.45) is 3.88. The normalized spacial score (nSPS) is 25.2. The van der Waals surface area contributed by atoms with Crippen LogP contribution in [0.3, 0.4) is 0 Å². The van der Waals surface area contributed by atoms with Gasteiger partial charge in [-0.3, -0.25) is 4.21 Å². The summed E-state index contributed by atoms with van der Waals surface area (Å²) < 4.78 is 11.2. The summed E-state index contributed by atoms with van der Waals surface area (Å²) >= 11 is 0. The number of urea groups is 1. The van der Waals surface area contributed by atoms with Crippen molar-refractivity contribution in [2.45, 2.75) is 50.3 Å². The summed E-state index contributed by atoms with van der Waals surface area (Å²) in [6, 6.07) is -0.333. The molecule has 2 amide bonds. The Kier molecular flexibility index (Phi) is 5.98. The fourth-order valence-corrected chi connectivity index (χ4v) is 3.01. The van der Waals surface area contributed by atoms with Gasteiger partial charge in [-0.05, 0) is 25.7 Å². The van der Waals surface area contributed by atoms with Crippen LogP contribution in [0.25, 0.3) is 0 Å². The highest BCUT2D eigenvalue weighted by Gasteiger charge is 2.48. The molecule has 0 radical (unpaired) electrons. The lowest BCUT2D eigenvalue weighted by Crippen LogP contribution is -2.55. The summed E-state index contributed by atoms with van der Waals surface area (Å²) in [5.41, 5.74) is -1.07. The number of carbonyl (C=O) groups is 2. The van der Waals surface area contributed by atoms with E-state index in [1.54, 1.807) is 13.2 Å². The summed E-state index contributed by atoms with van der Waals surface area (Å²) in [4.78, 5) is 25.1. The fraction of sp³-hybridized carbons (Fsp3) is 0.846. The molecule has 6 nitrogen and oxygen atoms in total. The van der Waals surface area contributed by atoms with Crippen molar-refractivity contribution in [3.63, 3.8) is 0 Å². The van der Waals surface area contributed by atoms with E-state index in [4.69, 9.17) is 0 Å². The largest absolute Gasteiger partial charge is 0.479 e. The molecule has 1 rings (SSSR count). The Bertz CT molecular complexity index is 402. The number of amides is 2. The standard InChI is InChI=1S/C13H24N2O4S/c1-4-13(11(16)17)7-5-9-15(13)12(18)14-8-6-10(2)20(3)19/h10H,4-9H2,1-3H3,(H,14,18)(H,16,17). The molecular weight excluding hydrogens is 280 g/mol. The van der Waals surface area contributed by atoms with Gasteiger partial charge < -0.3 is 15.3 Å². The van der Waals surface area contributed by atoms with Gasteiger partial charge in [-0.25, -0.2) is 9.59 Å². The van der Waals surface area contributed by atoms with E-state index in [1.165, 1.54) is 4.90 Å². The molecule has 7 heteroatoms. The maximum absolute atomic E-state index is 12.2. The Labute approximate surface area is 122 Å². The summed E-state index contributed by atoms with van der Waals surface area (Å²) in [5, 5.41) is 12.2. The van der Waals surface area contributed by atoms with Gasteiger partial charge in [0.15, 0.2) is 0 Å². The first-order valence-electron chi connectivity index (χ1n) is 6.96. The molecule has 0 bridgehead atoms. The molecule has 1 aliphatic rings. The number of hydrogen-bond acceptors (Lipinski definition) is 3. The number of nitrogens with zero attached hydrogens (tertiary/aromatic N) is 1. The van der Waals surface area contributed by atoms with Crippen molar-refractivity contribution >= 4 is 22.8 Å². The lowest BCUT2D eigenvalue weighted by molar-refractivity contribution is -0.148. The van der Waals surface area contributed by atoms with E-state index in [0.29, 0.717) is 38.8 Å². The molecule has 0 aromatic rings. The first-order valence-corrected chi connectivity index (χ1v) is 8.58. The summed E-state index contributed by atoms with van der Waals surface area (Å²) in [6.45, 7) is 4.55. The lowest BCUT2D eigenvalue weighted by atomic mass is 9.93. The predicted molar refractivity (Wildman–Crippen MR) is 78.1 cm³/mol. The zero-order valence-electron chi connectivity index (χ0n) is 12.3. The second-order valence-corrected chi connectivity index (χ2v) is 7.08. The summed E-state index contributed by atoms with van der Waals surface area (Å²) in [7, 11) is -0.910. The molecule has 0 spiro atoms. The van der Waals surface area contributed by atoms with E-state index in [-0.39, 0.29) is 11.3 Å². The zero-order chi connectivity index (χ0) is 15.3. The molecule has 0 aromatic carbocycles. The molecule has 3 atom stereocenters. The molecule has 1 heterocycles. The van der Waals surface area contributed by atoms with Gasteiger partial charge in [0.25, 0.3) is 0 Å². The third kappa shape index (κ3) is 3.50. The van der Waals surface area contributed by atoms with Crippen LogP contribution in [0.1, 0.15) is 39.5 Å². The Morgan fingerprint density at radius 3 is 2.65 bits per heavy atom. The average molecular weight is 304 g/mol. The topological polar surface area (TPSA) is 86.7 Å². The quantitative estimate of drug-likeness (QED) is 0.771. The van der Waals surface area contributed by atoms with Crippen LogP contribution in [-0.4, -0.2) is 56.3 Å². The molecule has 1 fully saturated rings. The highest BCUT2D eigenvalue weighted by Crippen LogP contribution is 2.32. The van der Waals surface area contributed by atoms with Gasteiger partial charge in [0.2, 0.25) is 0 Å². The minimum atomic E-state index is -1.07. The number of nitrogens with one attached hydrogen (secondary N) is 1. The Morgan fingerprint density at radius 1 is 1.50 bits per heavy atom. The van der Waals surface area contributed by atoms with Gasteiger partial charge in [0, 0.05) is 35.4 Å². The smallest absolute Gasteiger partial charge is 0.329 e. The second kappa shape index (κ2) is 7.06. The lowest BCUT2D eigenvalue weighted by Gasteiger charge is -2.33. The third-order valence-corrected chi connectivity index (χ3v) is 5.48. The molecule has 0 aliphatic carbocycles. The van der Waals surface area contributed by atoms with Gasteiger partial charge in [-0.2, -0.15) is 0 Å². The zero-order valence-corrected chi connectivity index (χ0v) is 13.2. The van der Waals surface area contributed by atoms with Crippen LogP contribution in [0.2, 0.25) is 0 Å². The number of rotatable bonds is 6. The van der Waals surface area contributed by atoms with Crippen LogP contribution < -0.4 is 5.32 Å². The molecular formula is C13H24N2O4S. The minimum absolute atomic E-state index is 0.0179. The van der Waals surface area contributed by atoms with Crippen molar-refractivity contribution in [2.24, 2.45) is 0 Å². The van der Waals surface area contributed by atoms with Crippen LogP contribution >= 0.6 is 0 Å². The van der Waals surface area contributed by atoms with Crippen LogP contribution in [-0.2, 0) is 15.6 Å². The molecule has 1 aliphatic heterocycles. The molecule has 0 aromatic heterocycles. The minimum Gasteiger partial charge on any atom is -0.479 e. The number of carboxylic acids is 1. The number of carbonyl (C=O) groups excluding carboxylic acids is 1. The van der Waals surface area contributed by atoms with Crippen molar-refractivity contribution in [1.29, 1.82) is 0 Å². The van der Waals surface area contributed by atoms with Crippen LogP contribution in [0, 0.1) is 0 Å². The highest BCUT2D eigenvalue weighted by atomic mass is 32.2. The first-order chi connectivity index (χ1) is 9.35. The monoisotopic (exact) mass is 304 g/mol. The van der Waals surface area contributed by atoms with E-state index < -0.39 is 22.3 Å². The van der Waals surface area contributed by atoms with Gasteiger partial charge in [0.05, 0.1) is 0 Å². The molecule has 1 saturated heterocycles. The first kappa shape index (κ1) is 16.9. The molecule has 0 saturated carbocycles. The number of aliphatic carboxylic acids is 1. The van der Waals surface area contributed by atoms with Crippen LogP contribution in [0.15, 0.2) is 0 Å². The van der Waals surface area contributed by atoms with E-state index >= 15 is 0 Å². The van der Waals surface area contributed by atoms with Gasteiger partial charge in [0.1, 0.15) is 5.54 Å². The number of likely N-dealkylation sites (tertiary alicyclic amines) is 1.